The molecule has 4 rings (SSSR count). The van der Waals surface area contributed by atoms with Gasteiger partial charge in [-0.05, 0) is 32.0 Å². The fraction of sp³-hybridized carbons (Fsp3) is 0.111. The SMILES string of the molecule is Cc1csc(NC(=O)c2cnn(-c3ccc4ccccc4n3)c2C)n1. The zero-order valence-corrected chi connectivity index (χ0v) is 14.5. The van der Waals surface area contributed by atoms with E-state index < -0.39 is 0 Å². The van der Waals surface area contributed by atoms with E-state index in [2.05, 4.69) is 20.4 Å². The number of hydrogen-bond acceptors (Lipinski definition) is 5. The molecule has 1 aromatic carbocycles. The Morgan fingerprint density at radius 1 is 1.12 bits per heavy atom. The van der Waals surface area contributed by atoms with Crippen LogP contribution in [0.2, 0.25) is 0 Å². The van der Waals surface area contributed by atoms with Gasteiger partial charge in [0.25, 0.3) is 5.91 Å². The first kappa shape index (κ1) is 15.5. The minimum atomic E-state index is -0.223. The third-order valence-electron chi connectivity index (χ3n) is 3.89. The number of aryl methyl sites for hydroxylation is 1. The number of anilines is 1. The Morgan fingerprint density at radius 2 is 1.96 bits per heavy atom. The van der Waals surface area contributed by atoms with Gasteiger partial charge in [0.1, 0.15) is 0 Å². The highest BCUT2D eigenvalue weighted by Gasteiger charge is 2.17. The lowest BCUT2D eigenvalue weighted by Crippen LogP contribution is -2.13. The monoisotopic (exact) mass is 349 g/mol. The molecule has 0 aliphatic rings. The molecule has 0 aliphatic carbocycles. The number of pyridine rings is 1. The van der Waals surface area contributed by atoms with Crippen LogP contribution in [0.5, 0.6) is 0 Å². The molecule has 0 aliphatic heterocycles. The molecule has 0 bridgehead atoms. The molecule has 3 aromatic heterocycles. The molecule has 7 heteroatoms. The van der Waals surface area contributed by atoms with E-state index in [1.165, 1.54) is 11.3 Å². The number of amides is 1. The molecule has 6 nitrogen and oxygen atoms in total. The number of fused-ring (bicyclic) bond motifs is 1. The van der Waals surface area contributed by atoms with Crippen molar-refractivity contribution in [1.29, 1.82) is 0 Å². The summed E-state index contributed by atoms with van der Waals surface area (Å²) in [5, 5.41) is 10.7. The zero-order valence-electron chi connectivity index (χ0n) is 13.7. The molecule has 25 heavy (non-hydrogen) atoms. The van der Waals surface area contributed by atoms with E-state index >= 15 is 0 Å². The van der Waals surface area contributed by atoms with Crippen LogP contribution in [-0.4, -0.2) is 25.7 Å². The fourth-order valence-corrected chi connectivity index (χ4v) is 3.30. The van der Waals surface area contributed by atoms with Crippen LogP contribution in [-0.2, 0) is 0 Å². The number of aromatic nitrogens is 4. The highest BCUT2D eigenvalue weighted by Crippen LogP contribution is 2.19. The molecule has 0 spiro atoms. The summed E-state index contributed by atoms with van der Waals surface area (Å²) in [6.45, 7) is 3.74. The summed E-state index contributed by atoms with van der Waals surface area (Å²) in [7, 11) is 0. The van der Waals surface area contributed by atoms with Gasteiger partial charge in [-0.2, -0.15) is 5.10 Å². The zero-order chi connectivity index (χ0) is 17.4. The molecule has 124 valence electrons. The number of nitrogens with zero attached hydrogens (tertiary/aromatic N) is 4. The highest BCUT2D eigenvalue weighted by atomic mass is 32.1. The summed E-state index contributed by atoms with van der Waals surface area (Å²) in [6.07, 6.45) is 1.56. The first-order valence-electron chi connectivity index (χ1n) is 7.76. The van der Waals surface area contributed by atoms with Gasteiger partial charge >= 0.3 is 0 Å². The molecule has 4 aromatic rings. The average Bonchev–Trinajstić information content (AvgIpc) is 3.20. The number of benzene rings is 1. The lowest BCUT2D eigenvalue weighted by Gasteiger charge is -2.06. The number of thiazole rings is 1. The maximum Gasteiger partial charge on any atom is 0.260 e. The number of para-hydroxylation sites is 1. The van der Waals surface area contributed by atoms with Crippen LogP contribution in [0.15, 0.2) is 48.0 Å². The van der Waals surface area contributed by atoms with Crippen molar-refractivity contribution in [1.82, 2.24) is 19.7 Å². The van der Waals surface area contributed by atoms with Gasteiger partial charge in [-0.25, -0.2) is 14.6 Å². The minimum absolute atomic E-state index is 0.223. The van der Waals surface area contributed by atoms with Crippen LogP contribution in [0.4, 0.5) is 5.13 Å². The maximum atomic E-state index is 12.5. The van der Waals surface area contributed by atoms with Crippen LogP contribution >= 0.6 is 11.3 Å². The van der Waals surface area contributed by atoms with Crippen LogP contribution in [0.3, 0.4) is 0 Å². The van der Waals surface area contributed by atoms with Gasteiger partial charge in [-0.3, -0.25) is 10.1 Å². The Labute approximate surface area is 148 Å². The van der Waals surface area contributed by atoms with Crippen molar-refractivity contribution in [3.63, 3.8) is 0 Å². The van der Waals surface area contributed by atoms with Gasteiger partial charge in [-0.15, -0.1) is 11.3 Å². The summed E-state index contributed by atoms with van der Waals surface area (Å²) in [6, 6.07) is 11.8. The molecule has 3 heterocycles. The second-order valence-corrected chi connectivity index (χ2v) is 6.52. The van der Waals surface area contributed by atoms with Crippen LogP contribution in [0, 0.1) is 13.8 Å². The number of carbonyl (C=O) groups is 1. The van der Waals surface area contributed by atoms with Crippen molar-refractivity contribution in [3.05, 3.63) is 64.9 Å². The Kier molecular flexibility index (Phi) is 3.77. The maximum absolute atomic E-state index is 12.5. The van der Waals surface area contributed by atoms with Crippen molar-refractivity contribution in [2.45, 2.75) is 13.8 Å². The fourth-order valence-electron chi connectivity index (χ4n) is 2.61. The molecular formula is C18H15N5OS. The van der Waals surface area contributed by atoms with Gasteiger partial charge in [-0.1, -0.05) is 18.2 Å². The van der Waals surface area contributed by atoms with Gasteiger partial charge < -0.3 is 0 Å². The topological polar surface area (TPSA) is 72.7 Å². The normalized spacial score (nSPS) is 11.0. The number of rotatable bonds is 3. The van der Waals surface area contributed by atoms with Crippen LogP contribution < -0.4 is 5.32 Å². The van der Waals surface area contributed by atoms with Crippen molar-refractivity contribution in [2.75, 3.05) is 5.32 Å². The van der Waals surface area contributed by atoms with Crippen LogP contribution in [0.25, 0.3) is 16.7 Å². The first-order chi connectivity index (χ1) is 12.1. The number of carbonyl (C=O) groups excluding carboxylic acids is 1. The van der Waals surface area contributed by atoms with Crippen LogP contribution in [0.1, 0.15) is 21.7 Å². The third kappa shape index (κ3) is 2.89. The summed E-state index contributed by atoms with van der Waals surface area (Å²) < 4.78 is 1.68. The molecule has 0 saturated carbocycles. The Balaban J connectivity index is 1.66. The number of nitrogens with one attached hydrogen (secondary N) is 1. The summed E-state index contributed by atoms with van der Waals surface area (Å²) in [5.41, 5.74) is 3.00. The summed E-state index contributed by atoms with van der Waals surface area (Å²) >= 11 is 1.40. The first-order valence-corrected chi connectivity index (χ1v) is 8.64. The van der Waals surface area contributed by atoms with Gasteiger partial charge in [0.15, 0.2) is 10.9 Å². The molecule has 1 N–H and O–H groups in total. The second kappa shape index (κ2) is 6.10. The van der Waals surface area contributed by atoms with Crippen molar-refractivity contribution in [3.8, 4) is 5.82 Å². The minimum Gasteiger partial charge on any atom is -0.298 e. The Bertz CT molecular complexity index is 1080. The lowest BCUT2D eigenvalue weighted by atomic mass is 10.2. The average molecular weight is 349 g/mol. The lowest BCUT2D eigenvalue weighted by molar-refractivity contribution is 0.102. The molecule has 1 amide bonds. The molecule has 0 unspecified atom stereocenters. The predicted octanol–water partition coefficient (Wildman–Crippen LogP) is 3.75. The smallest absolute Gasteiger partial charge is 0.260 e. The standard InChI is InChI=1S/C18H15N5OS/c1-11-10-25-18(20-11)22-17(24)14-9-19-23(12(14)2)16-8-7-13-5-3-4-6-15(13)21-16/h3-10H,1-2H3,(H,20,22,24). The Hall–Kier alpha value is -3.06. The third-order valence-corrected chi connectivity index (χ3v) is 4.77. The second-order valence-electron chi connectivity index (χ2n) is 5.67. The van der Waals surface area contributed by atoms with Gasteiger partial charge in [0.2, 0.25) is 0 Å². The van der Waals surface area contributed by atoms with Gasteiger partial charge in [0, 0.05) is 10.8 Å². The van der Waals surface area contributed by atoms with E-state index in [1.54, 1.807) is 10.9 Å². The molecule has 0 saturated heterocycles. The number of hydrogen-bond donors (Lipinski definition) is 1. The van der Waals surface area contributed by atoms with E-state index in [0.29, 0.717) is 16.5 Å². The highest BCUT2D eigenvalue weighted by molar-refractivity contribution is 7.13. The van der Waals surface area contributed by atoms with E-state index in [4.69, 9.17) is 0 Å². The molecular weight excluding hydrogens is 334 g/mol. The summed E-state index contributed by atoms with van der Waals surface area (Å²) in [5.74, 6) is 0.458. The van der Waals surface area contributed by atoms with Gasteiger partial charge in [0.05, 0.1) is 28.7 Å². The summed E-state index contributed by atoms with van der Waals surface area (Å²) in [4.78, 5) is 21.4. The Morgan fingerprint density at radius 3 is 2.76 bits per heavy atom. The molecule has 0 radical (unpaired) electrons. The molecule has 0 fully saturated rings. The quantitative estimate of drug-likeness (QED) is 0.611. The predicted molar refractivity (Wildman–Crippen MR) is 98.4 cm³/mol. The van der Waals surface area contributed by atoms with E-state index in [1.807, 2.05) is 55.6 Å². The molecule has 0 atom stereocenters. The largest absolute Gasteiger partial charge is 0.298 e. The van der Waals surface area contributed by atoms with E-state index in [-0.39, 0.29) is 5.91 Å². The van der Waals surface area contributed by atoms with Crippen molar-refractivity contribution in [2.24, 2.45) is 0 Å². The van der Waals surface area contributed by atoms with E-state index in [0.717, 1.165) is 22.3 Å². The van der Waals surface area contributed by atoms with Crippen molar-refractivity contribution >= 4 is 33.3 Å². The van der Waals surface area contributed by atoms with Crippen molar-refractivity contribution < 1.29 is 4.79 Å². The van der Waals surface area contributed by atoms with E-state index in [9.17, 15) is 4.79 Å².